The Hall–Kier alpha value is -1.06. The molecule has 2 unspecified atom stereocenters. The van der Waals surface area contributed by atoms with E-state index in [0.717, 1.165) is 18.8 Å². The van der Waals surface area contributed by atoms with Crippen molar-refractivity contribution in [3.8, 4) is 0 Å². The number of carbonyl (C=O) groups is 2. The number of carbonyl (C=O) groups excluding carboxylic acids is 2. The normalized spacial score (nSPS) is 40.5. The van der Waals surface area contributed by atoms with E-state index in [4.69, 9.17) is 9.47 Å². The van der Waals surface area contributed by atoms with E-state index in [-0.39, 0.29) is 18.2 Å². The predicted octanol–water partition coefficient (Wildman–Crippen LogP) is 4.11. The highest BCUT2D eigenvalue weighted by atomic mass is 16.6. The van der Waals surface area contributed by atoms with Gasteiger partial charge in [-0.2, -0.15) is 0 Å². The minimum Gasteiger partial charge on any atom is -0.456 e. The first-order valence-electron chi connectivity index (χ1n) is 9.47. The maximum atomic E-state index is 12.3. The van der Waals surface area contributed by atoms with E-state index in [0.29, 0.717) is 23.7 Å². The summed E-state index contributed by atoms with van der Waals surface area (Å²) < 4.78 is 11.1. The van der Waals surface area contributed by atoms with Crippen LogP contribution in [0.15, 0.2) is 0 Å². The van der Waals surface area contributed by atoms with Gasteiger partial charge in [0.1, 0.15) is 5.60 Å². The highest BCUT2D eigenvalue weighted by Crippen LogP contribution is 2.64. The van der Waals surface area contributed by atoms with Crippen molar-refractivity contribution in [1.29, 1.82) is 0 Å². The van der Waals surface area contributed by atoms with E-state index in [1.165, 1.54) is 19.3 Å². The molecule has 0 aromatic heterocycles. The van der Waals surface area contributed by atoms with Gasteiger partial charge in [0.25, 0.3) is 0 Å². The summed E-state index contributed by atoms with van der Waals surface area (Å²) in [7, 11) is 0. The molecule has 0 amide bonds. The Kier molecular flexibility index (Phi) is 4.25. The lowest BCUT2D eigenvalue weighted by Crippen LogP contribution is -2.60. The molecule has 0 heterocycles. The lowest BCUT2D eigenvalue weighted by atomic mass is 9.45. The molecule has 4 bridgehead atoms. The summed E-state index contributed by atoms with van der Waals surface area (Å²) in [4.78, 5) is 24.4. The first-order valence-corrected chi connectivity index (χ1v) is 9.47. The van der Waals surface area contributed by atoms with Gasteiger partial charge >= 0.3 is 11.9 Å². The number of ether oxygens (including phenoxy) is 2. The van der Waals surface area contributed by atoms with Gasteiger partial charge in [-0.1, -0.05) is 13.8 Å². The average molecular weight is 336 g/mol. The molecule has 4 aliphatic carbocycles. The Labute approximate surface area is 145 Å². The Morgan fingerprint density at radius 3 is 2.17 bits per heavy atom. The van der Waals surface area contributed by atoms with E-state index in [9.17, 15) is 9.59 Å². The van der Waals surface area contributed by atoms with Crippen molar-refractivity contribution in [1.82, 2.24) is 0 Å². The molecule has 4 nitrogen and oxygen atoms in total. The molecule has 0 spiro atoms. The van der Waals surface area contributed by atoms with Crippen LogP contribution in [0.4, 0.5) is 0 Å². The van der Waals surface area contributed by atoms with Crippen LogP contribution in [0.5, 0.6) is 0 Å². The topological polar surface area (TPSA) is 52.6 Å². The smallest absolute Gasteiger partial charge is 0.344 e. The van der Waals surface area contributed by atoms with Crippen LogP contribution < -0.4 is 0 Å². The zero-order chi connectivity index (χ0) is 17.8. The van der Waals surface area contributed by atoms with Gasteiger partial charge in [-0.25, -0.2) is 4.79 Å². The van der Waals surface area contributed by atoms with Crippen LogP contribution in [0.25, 0.3) is 0 Å². The van der Waals surface area contributed by atoms with Gasteiger partial charge in [0.2, 0.25) is 0 Å². The van der Waals surface area contributed by atoms with Crippen LogP contribution in [0, 0.1) is 28.6 Å². The van der Waals surface area contributed by atoms with Gasteiger partial charge in [-0.05, 0) is 82.5 Å². The van der Waals surface area contributed by atoms with Gasteiger partial charge in [0.15, 0.2) is 6.61 Å². The second-order valence-corrected chi connectivity index (χ2v) is 9.63. The standard InChI is InChI=1S/C20H32O4/c1-6-18(2,3)17(22)23-12-16(21)24-20(5)14-7-13-8-15(20)11-19(4,9-13)10-14/h13-15H,6-12H2,1-5H3. The second kappa shape index (κ2) is 5.74. The monoisotopic (exact) mass is 336 g/mol. The van der Waals surface area contributed by atoms with Crippen LogP contribution in [0.1, 0.15) is 73.1 Å². The third kappa shape index (κ3) is 2.97. The van der Waals surface area contributed by atoms with E-state index < -0.39 is 11.4 Å². The van der Waals surface area contributed by atoms with E-state index in [1.807, 2.05) is 20.8 Å². The van der Waals surface area contributed by atoms with E-state index in [2.05, 4.69) is 13.8 Å². The summed E-state index contributed by atoms with van der Waals surface area (Å²) in [6.45, 7) is 9.85. The van der Waals surface area contributed by atoms with Crippen molar-refractivity contribution in [3.63, 3.8) is 0 Å². The van der Waals surface area contributed by atoms with Crippen molar-refractivity contribution in [2.24, 2.45) is 28.6 Å². The highest BCUT2D eigenvalue weighted by Gasteiger charge is 2.60. The van der Waals surface area contributed by atoms with Crippen molar-refractivity contribution >= 4 is 11.9 Å². The molecule has 4 heteroatoms. The summed E-state index contributed by atoms with van der Waals surface area (Å²) in [5.74, 6) is 1.00. The third-order valence-corrected chi connectivity index (χ3v) is 7.21. The largest absolute Gasteiger partial charge is 0.456 e. The first kappa shape index (κ1) is 17.8. The van der Waals surface area contributed by atoms with Crippen LogP contribution >= 0.6 is 0 Å². The summed E-state index contributed by atoms with van der Waals surface area (Å²) in [5.41, 5.74) is -0.484. The molecule has 4 rings (SSSR count). The van der Waals surface area contributed by atoms with Crippen LogP contribution in [-0.2, 0) is 19.1 Å². The minimum absolute atomic E-state index is 0.266. The molecular weight excluding hydrogens is 304 g/mol. The molecule has 0 N–H and O–H groups in total. The van der Waals surface area contributed by atoms with Crippen molar-refractivity contribution < 1.29 is 19.1 Å². The minimum atomic E-state index is -0.554. The molecule has 4 fully saturated rings. The van der Waals surface area contributed by atoms with Gasteiger partial charge in [0.05, 0.1) is 5.41 Å². The molecular formula is C20H32O4. The Balaban J connectivity index is 1.60. The number of rotatable bonds is 5. The van der Waals surface area contributed by atoms with Gasteiger partial charge in [-0.15, -0.1) is 0 Å². The second-order valence-electron chi connectivity index (χ2n) is 9.63. The molecule has 0 aromatic rings. The van der Waals surface area contributed by atoms with Crippen LogP contribution in [0.2, 0.25) is 0 Å². The Bertz CT molecular complexity index is 520. The average Bonchev–Trinajstić information content (AvgIpc) is 2.49. The SMILES string of the molecule is CCC(C)(C)C(=O)OCC(=O)OC1(C)C2CC3CC1CC(C)(C3)C2. The lowest BCUT2D eigenvalue weighted by molar-refractivity contribution is -0.219. The van der Waals surface area contributed by atoms with Crippen LogP contribution in [0.3, 0.4) is 0 Å². The summed E-state index contributed by atoms with van der Waals surface area (Å²) >= 11 is 0. The molecule has 0 saturated heterocycles. The molecule has 24 heavy (non-hydrogen) atoms. The summed E-state index contributed by atoms with van der Waals surface area (Å²) in [6, 6.07) is 0. The molecule has 136 valence electrons. The number of esters is 2. The Morgan fingerprint density at radius 2 is 1.67 bits per heavy atom. The highest BCUT2D eigenvalue weighted by molar-refractivity contribution is 5.80. The zero-order valence-electron chi connectivity index (χ0n) is 15.8. The molecule has 0 aliphatic heterocycles. The molecule has 0 aromatic carbocycles. The predicted molar refractivity (Wildman–Crippen MR) is 91.2 cm³/mol. The van der Waals surface area contributed by atoms with Crippen molar-refractivity contribution in [2.75, 3.05) is 6.61 Å². The molecule has 4 saturated carbocycles. The lowest BCUT2D eigenvalue weighted by Gasteiger charge is -2.62. The first-order chi connectivity index (χ1) is 11.1. The zero-order valence-corrected chi connectivity index (χ0v) is 15.8. The van der Waals surface area contributed by atoms with Gasteiger partial charge in [0, 0.05) is 0 Å². The quantitative estimate of drug-likeness (QED) is 0.709. The van der Waals surface area contributed by atoms with Crippen molar-refractivity contribution in [2.45, 2.75) is 78.7 Å². The number of hydrogen-bond donors (Lipinski definition) is 0. The molecule has 0 radical (unpaired) electrons. The third-order valence-electron chi connectivity index (χ3n) is 7.21. The van der Waals surface area contributed by atoms with E-state index in [1.54, 1.807) is 0 Å². The maximum absolute atomic E-state index is 12.3. The summed E-state index contributed by atoms with van der Waals surface area (Å²) in [6.07, 6.45) is 6.70. The van der Waals surface area contributed by atoms with Gasteiger partial charge in [-0.3, -0.25) is 4.79 Å². The van der Waals surface area contributed by atoms with E-state index >= 15 is 0 Å². The maximum Gasteiger partial charge on any atom is 0.344 e. The van der Waals surface area contributed by atoms with Gasteiger partial charge < -0.3 is 9.47 Å². The fraction of sp³-hybridized carbons (Fsp3) is 0.900. The fourth-order valence-electron chi connectivity index (χ4n) is 5.48. The number of hydrogen-bond acceptors (Lipinski definition) is 4. The van der Waals surface area contributed by atoms with Crippen LogP contribution in [-0.4, -0.2) is 24.1 Å². The Morgan fingerprint density at radius 1 is 1.08 bits per heavy atom. The fourth-order valence-corrected chi connectivity index (χ4v) is 5.48. The molecule has 4 aliphatic rings. The molecule has 2 atom stereocenters. The van der Waals surface area contributed by atoms with Crippen molar-refractivity contribution in [3.05, 3.63) is 0 Å². The summed E-state index contributed by atoms with van der Waals surface area (Å²) in [5, 5.41) is 0.